The van der Waals surface area contributed by atoms with Gasteiger partial charge in [0.05, 0.1) is 12.0 Å². The molecule has 0 aliphatic carbocycles. The first kappa shape index (κ1) is 15.5. The smallest absolute Gasteiger partial charge is 0.322 e. The molecule has 1 aromatic rings. The van der Waals surface area contributed by atoms with Gasteiger partial charge in [0.25, 0.3) is 0 Å². The van der Waals surface area contributed by atoms with Crippen LogP contribution in [0.4, 0.5) is 0 Å². The van der Waals surface area contributed by atoms with Gasteiger partial charge in [0.1, 0.15) is 11.8 Å². The molecule has 114 valence electrons. The van der Waals surface area contributed by atoms with Gasteiger partial charge in [-0.2, -0.15) is 4.31 Å². The molecule has 0 saturated heterocycles. The van der Waals surface area contributed by atoms with Crippen molar-refractivity contribution in [3.05, 3.63) is 36.4 Å². The van der Waals surface area contributed by atoms with E-state index in [1.807, 2.05) is 0 Å². The van der Waals surface area contributed by atoms with Crippen LogP contribution in [0, 0.1) is 5.92 Å². The summed E-state index contributed by atoms with van der Waals surface area (Å²) in [5, 5.41) is 9.31. The number of hydrogen-bond acceptors (Lipinski definition) is 4. The number of benzene rings is 1. The van der Waals surface area contributed by atoms with Gasteiger partial charge in [-0.05, 0) is 24.3 Å². The van der Waals surface area contributed by atoms with Crippen molar-refractivity contribution in [3.8, 4) is 5.75 Å². The SMILES string of the molecule is COc1ccc(S(=O)(=O)N2CC=CC(C)C2C(=O)O)cc1. The fraction of sp³-hybridized carbons (Fsp3) is 0.357. The minimum atomic E-state index is -3.87. The summed E-state index contributed by atoms with van der Waals surface area (Å²) < 4.78 is 31.3. The third-order valence-corrected chi connectivity index (χ3v) is 5.31. The first-order chi connectivity index (χ1) is 9.87. The first-order valence-electron chi connectivity index (χ1n) is 6.43. The number of methoxy groups -OCH3 is 1. The van der Waals surface area contributed by atoms with E-state index >= 15 is 0 Å². The molecular formula is C14H17NO5S. The zero-order chi connectivity index (χ0) is 15.6. The van der Waals surface area contributed by atoms with E-state index < -0.39 is 22.0 Å². The van der Waals surface area contributed by atoms with Crippen LogP contribution in [0.3, 0.4) is 0 Å². The number of aliphatic carboxylic acids is 1. The molecule has 1 aliphatic rings. The number of hydrogen-bond donors (Lipinski definition) is 1. The minimum absolute atomic E-state index is 0.0513. The third-order valence-electron chi connectivity index (χ3n) is 3.45. The predicted molar refractivity (Wildman–Crippen MR) is 76.6 cm³/mol. The maximum atomic E-state index is 12.6. The molecule has 1 aliphatic heterocycles. The molecule has 0 bridgehead atoms. The van der Waals surface area contributed by atoms with Crippen molar-refractivity contribution in [1.29, 1.82) is 0 Å². The second kappa shape index (κ2) is 5.87. The van der Waals surface area contributed by atoms with Crippen LogP contribution in [0.15, 0.2) is 41.3 Å². The molecule has 2 unspecified atom stereocenters. The van der Waals surface area contributed by atoms with Gasteiger partial charge in [-0.1, -0.05) is 19.1 Å². The van der Waals surface area contributed by atoms with Gasteiger partial charge in [-0.15, -0.1) is 0 Å². The van der Waals surface area contributed by atoms with E-state index in [0.717, 1.165) is 4.31 Å². The summed E-state index contributed by atoms with van der Waals surface area (Å²) in [6, 6.07) is 4.80. The predicted octanol–water partition coefficient (Wildman–Crippen LogP) is 1.34. The maximum Gasteiger partial charge on any atom is 0.322 e. The monoisotopic (exact) mass is 311 g/mol. The van der Waals surface area contributed by atoms with Crippen molar-refractivity contribution in [2.75, 3.05) is 13.7 Å². The van der Waals surface area contributed by atoms with E-state index in [2.05, 4.69) is 0 Å². The lowest BCUT2D eigenvalue weighted by Gasteiger charge is -2.32. The summed E-state index contributed by atoms with van der Waals surface area (Å²) >= 11 is 0. The summed E-state index contributed by atoms with van der Waals surface area (Å²) in [5.74, 6) is -0.996. The highest BCUT2D eigenvalue weighted by Gasteiger charge is 2.39. The van der Waals surface area contributed by atoms with E-state index in [0.29, 0.717) is 5.75 Å². The number of carboxylic acids is 1. The lowest BCUT2D eigenvalue weighted by molar-refractivity contribution is -0.142. The summed E-state index contributed by atoms with van der Waals surface area (Å²) in [6.07, 6.45) is 3.39. The van der Waals surface area contributed by atoms with Crippen molar-refractivity contribution in [1.82, 2.24) is 4.31 Å². The molecule has 2 rings (SSSR count). The van der Waals surface area contributed by atoms with Crippen molar-refractivity contribution in [2.24, 2.45) is 5.92 Å². The van der Waals surface area contributed by atoms with E-state index in [4.69, 9.17) is 4.74 Å². The van der Waals surface area contributed by atoms with Gasteiger partial charge in [0.2, 0.25) is 10.0 Å². The minimum Gasteiger partial charge on any atom is -0.497 e. The molecule has 0 aromatic heterocycles. The molecule has 0 saturated carbocycles. The third kappa shape index (κ3) is 2.93. The average Bonchev–Trinajstić information content (AvgIpc) is 2.46. The first-order valence-corrected chi connectivity index (χ1v) is 7.87. The van der Waals surface area contributed by atoms with Crippen LogP contribution < -0.4 is 4.74 Å². The number of carboxylic acid groups (broad SMARTS) is 1. The Kier molecular flexibility index (Phi) is 4.34. The summed E-state index contributed by atoms with van der Waals surface area (Å²) in [7, 11) is -2.38. The highest BCUT2D eigenvalue weighted by Crippen LogP contribution is 2.26. The molecular weight excluding hydrogens is 294 g/mol. The van der Waals surface area contributed by atoms with Crippen molar-refractivity contribution in [2.45, 2.75) is 17.9 Å². The van der Waals surface area contributed by atoms with E-state index in [9.17, 15) is 18.3 Å². The largest absolute Gasteiger partial charge is 0.497 e. The van der Waals surface area contributed by atoms with Crippen LogP contribution in [0.25, 0.3) is 0 Å². The van der Waals surface area contributed by atoms with Crippen LogP contribution in [-0.4, -0.2) is 43.5 Å². The van der Waals surface area contributed by atoms with Gasteiger partial charge in [-0.25, -0.2) is 8.42 Å². The second-order valence-electron chi connectivity index (χ2n) is 4.82. The van der Waals surface area contributed by atoms with Crippen LogP contribution in [0.1, 0.15) is 6.92 Å². The van der Waals surface area contributed by atoms with Crippen molar-refractivity contribution >= 4 is 16.0 Å². The Hall–Kier alpha value is -1.86. The fourth-order valence-corrected chi connectivity index (χ4v) is 3.95. The van der Waals surface area contributed by atoms with Gasteiger partial charge in [0.15, 0.2) is 0 Å². The molecule has 0 spiro atoms. The lowest BCUT2D eigenvalue weighted by Crippen LogP contribution is -2.50. The Bertz CT molecular complexity index is 650. The van der Waals surface area contributed by atoms with Crippen LogP contribution in [0.5, 0.6) is 5.75 Å². The Balaban J connectivity index is 2.41. The highest BCUT2D eigenvalue weighted by molar-refractivity contribution is 7.89. The number of rotatable bonds is 4. The van der Waals surface area contributed by atoms with Crippen molar-refractivity contribution < 1.29 is 23.1 Å². The average molecular weight is 311 g/mol. The van der Waals surface area contributed by atoms with Gasteiger partial charge >= 0.3 is 5.97 Å². The van der Waals surface area contributed by atoms with Crippen LogP contribution in [-0.2, 0) is 14.8 Å². The zero-order valence-electron chi connectivity index (χ0n) is 11.8. The van der Waals surface area contributed by atoms with Crippen molar-refractivity contribution in [3.63, 3.8) is 0 Å². The van der Waals surface area contributed by atoms with Crippen LogP contribution in [0.2, 0.25) is 0 Å². The zero-order valence-corrected chi connectivity index (χ0v) is 12.6. The fourth-order valence-electron chi connectivity index (χ4n) is 2.34. The number of ether oxygens (including phenoxy) is 1. The number of nitrogens with zero attached hydrogens (tertiary/aromatic N) is 1. The topological polar surface area (TPSA) is 83.9 Å². The van der Waals surface area contributed by atoms with E-state index in [1.54, 1.807) is 19.1 Å². The molecule has 1 aromatic carbocycles. The van der Waals surface area contributed by atoms with Gasteiger partial charge in [0, 0.05) is 12.5 Å². The Labute approximate surface area is 123 Å². The molecule has 0 amide bonds. The normalized spacial score (nSPS) is 23.0. The molecule has 1 N–H and O–H groups in total. The molecule has 6 nitrogen and oxygen atoms in total. The Morgan fingerprint density at radius 3 is 2.48 bits per heavy atom. The quantitative estimate of drug-likeness (QED) is 0.848. The van der Waals surface area contributed by atoms with E-state index in [-0.39, 0.29) is 17.4 Å². The highest BCUT2D eigenvalue weighted by atomic mass is 32.2. The standard InChI is InChI=1S/C14H17NO5S/c1-10-4-3-9-15(13(10)14(16)17)21(18,19)12-7-5-11(20-2)6-8-12/h3-8,10,13H,9H2,1-2H3,(H,16,17). The molecule has 0 radical (unpaired) electrons. The molecule has 2 atom stereocenters. The second-order valence-corrected chi connectivity index (χ2v) is 6.71. The maximum absolute atomic E-state index is 12.6. The summed E-state index contributed by atoms with van der Waals surface area (Å²) in [4.78, 5) is 11.4. The number of sulfonamides is 1. The molecule has 7 heteroatoms. The lowest BCUT2D eigenvalue weighted by atomic mass is 9.99. The van der Waals surface area contributed by atoms with E-state index in [1.165, 1.54) is 31.4 Å². The molecule has 21 heavy (non-hydrogen) atoms. The number of carbonyl (C=O) groups is 1. The summed E-state index contributed by atoms with van der Waals surface area (Å²) in [5.41, 5.74) is 0. The van der Waals surface area contributed by atoms with Gasteiger partial charge < -0.3 is 9.84 Å². The van der Waals surface area contributed by atoms with Crippen LogP contribution >= 0.6 is 0 Å². The Morgan fingerprint density at radius 1 is 1.33 bits per heavy atom. The Morgan fingerprint density at radius 2 is 1.95 bits per heavy atom. The molecule has 1 heterocycles. The van der Waals surface area contributed by atoms with Gasteiger partial charge in [-0.3, -0.25) is 4.79 Å². The summed E-state index contributed by atoms with van der Waals surface area (Å²) in [6.45, 7) is 1.74. The molecule has 0 fully saturated rings.